The lowest BCUT2D eigenvalue weighted by atomic mass is 10.1. The molecule has 2 N–H and O–H groups in total. The second kappa shape index (κ2) is 6.26. The van der Waals surface area contributed by atoms with E-state index in [1.807, 2.05) is 0 Å². The molecule has 1 aromatic heterocycles. The van der Waals surface area contributed by atoms with Crippen LogP contribution in [0.1, 0.15) is 31.1 Å². The summed E-state index contributed by atoms with van der Waals surface area (Å²) in [5, 5.41) is 10.9. The maximum absolute atomic E-state index is 12.6. The third-order valence-electron chi connectivity index (χ3n) is 4.46. The Morgan fingerprint density at radius 3 is 2.29 bits per heavy atom. The number of nitrogens with two attached hydrogens (primary N) is 1. The first-order valence-electron chi connectivity index (χ1n) is 7.79. The first-order valence-corrected chi connectivity index (χ1v) is 7.79. The van der Waals surface area contributed by atoms with Crippen molar-refractivity contribution in [2.45, 2.75) is 0 Å². The molecule has 3 rings (SSSR count). The molecule has 0 aliphatic carbocycles. The Hall–Kier alpha value is -4.09. The van der Waals surface area contributed by atoms with Gasteiger partial charge in [0.2, 0.25) is 0 Å². The number of ketones is 1. The number of carbonyl (C=O) groups is 3. The SMILES string of the molecule is Cn1c(N)c(C(=O)CN2C(=O)c3ccc([N+](=O)[O-])cc3C2=O)c(=O)n(C)c1=O. The Kier molecular flexibility index (Phi) is 4.18. The number of nitrogen functional groups attached to an aromatic ring is 1. The monoisotopic (exact) mass is 387 g/mol. The minimum atomic E-state index is -0.960. The summed E-state index contributed by atoms with van der Waals surface area (Å²) in [5.74, 6) is -3.08. The molecular formula is C16H13N5O7. The molecule has 2 aromatic rings. The Morgan fingerprint density at radius 2 is 1.68 bits per heavy atom. The summed E-state index contributed by atoms with van der Waals surface area (Å²) in [6.45, 7) is -0.808. The van der Waals surface area contributed by atoms with E-state index in [4.69, 9.17) is 5.73 Å². The van der Waals surface area contributed by atoms with Crippen molar-refractivity contribution in [3.8, 4) is 0 Å². The molecule has 0 spiro atoms. The van der Waals surface area contributed by atoms with Crippen LogP contribution in [0.3, 0.4) is 0 Å². The highest BCUT2D eigenvalue weighted by Crippen LogP contribution is 2.27. The topological polar surface area (TPSA) is 168 Å². The third kappa shape index (κ3) is 2.58. The number of rotatable bonds is 4. The molecule has 12 nitrogen and oxygen atoms in total. The van der Waals surface area contributed by atoms with E-state index in [0.29, 0.717) is 9.47 Å². The number of nitro benzene ring substituents is 1. The number of imide groups is 1. The van der Waals surface area contributed by atoms with Gasteiger partial charge in [0, 0.05) is 26.2 Å². The van der Waals surface area contributed by atoms with Crippen molar-refractivity contribution in [3.63, 3.8) is 0 Å². The lowest BCUT2D eigenvalue weighted by Crippen LogP contribution is -2.44. The summed E-state index contributed by atoms with van der Waals surface area (Å²) in [5.41, 5.74) is 2.77. The van der Waals surface area contributed by atoms with Crippen molar-refractivity contribution in [3.05, 3.63) is 65.8 Å². The molecule has 0 radical (unpaired) electrons. The number of nitrogens with zero attached hydrogens (tertiary/aromatic N) is 4. The minimum Gasteiger partial charge on any atom is -0.384 e. The van der Waals surface area contributed by atoms with Crippen LogP contribution in [0.4, 0.5) is 11.5 Å². The van der Waals surface area contributed by atoms with Crippen LogP contribution < -0.4 is 17.0 Å². The molecular weight excluding hydrogens is 374 g/mol. The predicted octanol–water partition coefficient (Wildman–Crippen LogP) is -0.947. The van der Waals surface area contributed by atoms with Crippen LogP contribution in [0.5, 0.6) is 0 Å². The van der Waals surface area contributed by atoms with Gasteiger partial charge in [0.1, 0.15) is 11.4 Å². The quantitative estimate of drug-likeness (QED) is 0.303. The Bertz CT molecular complexity index is 1210. The van der Waals surface area contributed by atoms with Gasteiger partial charge in [-0.25, -0.2) is 4.79 Å². The summed E-state index contributed by atoms with van der Waals surface area (Å²) in [7, 11) is 2.41. The highest BCUT2D eigenvalue weighted by Gasteiger charge is 2.38. The molecule has 144 valence electrons. The van der Waals surface area contributed by atoms with E-state index >= 15 is 0 Å². The van der Waals surface area contributed by atoms with Crippen LogP contribution >= 0.6 is 0 Å². The standard InChI is InChI=1S/C16H13N5O7/c1-18-12(17)11(15(25)19(2)16(18)26)10(22)6-20-13(23)8-4-3-7(21(27)28)5-9(8)14(20)24/h3-5H,6,17H2,1-2H3. The Morgan fingerprint density at radius 1 is 1.07 bits per heavy atom. The molecule has 1 aliphatic heterocycles. The zero-order valence-corrected chi connectivity index (χ0v) is 14.7. The van der Waals surface area contributed by atoms with Crippen molar-refractivity contribution < 1.29 is 19.3 Å². The smallest absolute Gasteiger partial charge is 0.332 e. The van der Waals surface area contributed by atoms with Crippen LogP contribution in [0, 0.1) is 10.1 Å². The van der Waals surface area contributed by atoms with E-state index < -0.39 is 51.7 Å². The lowest BCUT2D eigenvalue weighted by molar-refractivity contribution is -0.384. The highest BCUT2D eigenvalue weighted by molar-refractivity contribution is 6.23. The van der Waals surface area contributed by atoms with Gasteiger partial charge in [-0.05, 0) is 6.07 Å². The molecule has 0 bridgehead atoms. The molecule has 0 saturated carbocycles. The van der Waals surface area contributed by atoms with Gasteiger partial charge in [0.25, 0.3) is 23.1 Å². The number of anilines is 1. The maximum atomic E-state index is 12.6. The predicted molar refractivity (Wildman–Crippen MR) is 94.1 cm³/mol. The van der Waals surface area contributed by atoms with Gasteiger partial charge < -0.3 is 5.73 Å². The Balaban J connectivity index is 2.00. The molecule has 12 heteroatoms. The summed E-state index contributed by atoms with van der Waals surface area (Å²) in [6, 6.07) is 3.13. The first kappa shape index (κ1) is 18.7. The second-order valence-corrected chi connectivity index (χ2v) is 6.07. The minimum absolute atomic E-state index is 0.0928. The maximum Gasteiger partial charge on any atom is 0.332 e. The number of nitro groups is 1. The fourth-order valence-electron chi connectivity index (χ4n) is 2.88. The zero-order valence-electron chi connectivity index (χ0n) is 14.7. The summed E-state index contributed by atoms with van der Waals surface area (Å²) >= 11 is 0. The average Bonchev–Trinajstić information content (AvgIpc) is 2.89. The number of benzene rings is 1. The van der Waals surface area contributed by atoms with E-state index in [9.17, 15) is 34.1 Å². The van der Waals surface area contributed by atoms with Crippen LogP contribution in [-0.2, 0) is 14.1 Å². The molecule has 2 heterocycles. The summed E-state index contributed by atoms with van der Waals surface area (Å²) < 4.78 is 1.57. The number of carbonyl (C=O) groups excluding carboxylic acids is 3. The van der Waals surface area contributed by atoms with Crippen molar-refractivity contribution in [2.75, 3.05) is 12.3 Å². The molecule has 0 saturated heterocycles. The van der Waals surface area contributed by atoms with Crippen molar-refractivity contribution in [1.29, 1.82) is 0 Å². The molecule has 1 aromatic carbocycles. The molecule has 0 atom stereocenters. The molecule has 0 fully saturated rings. The number of aromatic nitrogens is 2. The molecule has 28 heavy (non-hydrogen) atoms. The lowest BCUT2D eigenvalue weighted by Gasteiger charge is -2.15. The Labute approximate surface area is 155 Å². The highest BCUT2D eigenvalue weighted by atomic mass is 16.6. The third-order valence-corrected chi connectivity index (χ3v) is 4.46. The number of amides is 2. The van der Waals surface area contributed by atoms with Gasteiger partial charge >= 0.3 is 5.69 Å². The summed E-state index contributed by atoms with van der Waals surface area (Å²) in [4.78, 5) is 72.3. The fourth-order valence-corrected chi connectivity index (χ4v) is 2.88. The van der Waals surface area contributed by atoms with Crippen molar-refractivity contribution >= 4 is 29.1 Å². The second-order valence-electron chi connectivity index (χ2n) is 6.07. The van der Waals surface area contributed by atoms with E-state index in [1.165, 1.54) is 7.05 Å². The number of Topliss-reactive ketones (excluding diaryl/α,β-unsaturated/α-hetero) is 1. The normalized spacial score (nSPS) is 13.0. The fraction of sp³-hybridized carbons (Fsp3) is 0.188. The van der Waals surface area contributed by atoms with Gasteiger partial charge in [-0.15, -0.1) is 0 Å². The largest absolute Gasteiger partial charge is 0.384 e. The number of non-ortho nitro benzene ring substituents is 1. The van der Waals surface area contributed by atoms with E-state index in [1.54, 1.807) is 0 Å². The number of fused-ring (bicyclic) bond motifs is 1. The first-order chi connectivity index (χ1) is 13.1. The molecule has 2 amide bonds. The van der Waals surface area contributed by atoms with E-state index in [2.05, 4.69) is 0 Å². The molecule has 1 aliphatic rings. The number of hydrogen-bond donors (Lipinski definition) is 1. The van der Waals surface area contributed by atoms with Gasteiger partial charge in [-0.1, -0.05) is 0 Å². The van der Waals surface area contributed by atoms with Gasteiger partial charge in [-0.2, -0.15) is 0 Å². The van der Waals surface area contributed by atoms with Crippen LogP contribution in [-0.4, -0.2) is 43.1 Å². The van der Waals surface area contributed by atoms with E-state index in [-0.39, 0.29) is 16.8 Å². The van der Waals surface area contributed by atoms with Crippen molar-refractivity contribution in [2.24, 2.45) is 14.1 Å². The van der Waals surface area contributed by atoms with E-state index in [0.717, 1.165) is 29.8 Å². The van der Waals surface area contributed by atoms with Crippen LogP contribution in [0.25, 0.3) is 0 Å². The van der Waals surface area contributed by atoms with Crippen LogP contribution in [0.2, 0.25) is 0 Å². The number of hydrogen-bond acceptors (Lipinski definition) is 8. The van der Waals surface area contributed by atoms with Crippen LogP contribution in [0.15, 0.2) is 27.8 Å². The average molecular weight is 387 g/mol. The van der Waals surface area contributed by atoms with Crippen molar-refractivity contribution in [1.82, 2.24) is 14.0 Å². The zero-order chi connectivity index (χ0) is 20.9. The van der Waals surface area contributed by atoms with Gasteiger partial charge in [0.15, 0.2) is 5.78 Å². The summed E-state index contributed by atoms with van der Waals surface area (Å²) in [6.07, 6.45) is 0. The van der Waals surface area contributed by atoms with Gasteiger partial charge in [0.05, 0.1) is 22.6 Å². The molecule has 0 unspecified atom stereocenters. The van der Waals surface area contributed by atoms with Gasteiger partial charge in [-0.3, -0.25) is 43.3 Å².